The average Bonchev–Trinajstić information content (AvgIpc) is 2.81. The predicted octanol–water partition coefficient (Wildman–Crippen LogP) is 4.15. The summed E-state index contributed by atoms with van der Waals surface area (Å²) in [5, 5.41) is 4.00. The number of nitrogens with one attached hydrogen (secondary N) is 2. The summed E-state index contributed by atoms with van der Waals surface area (Å²) in [6.07, 6.45) is 0.806. The summed E-state index contributed by atoms with van der Waals surface area (Å²) < 4.78 is 27.5. The van der Waals surface area contributed by atoms with E-state index in [1.165, 1.54) is 6.07 Å². The molecule has 1 aliphatic heterocycles. The fourth-order valence-electron chi connectivity index (χ4n) is 2.47. The van der Waals surface area contributed by atoms with Crippen molar-refractivity contribution in [2.45, 2.75) is 24.3 Å². The van der Waals surface area contributed by atoms with Gasteiger partial charge in [-0.2, -0.15) is 0 Å². The van der Waals surface area contributed by atoms with Crippen molar-refractivity contribution in [2.75, 3.05) is 10.0 Å². The molecule has 0 aliphatic carbocycles. The van der Waals surface area contributed by atoms with Gasteiger partial charge in [0.15, 0.2) is 0 Å². The molecule has 0 spiro atoms. The molecule has 0 bridgehead atoms. The Balaban J connectivity index is 1.92. The molecular weight excluding hydrogens is 343 g/mol. The minimum atomic E-state index is -3.69. The first-order valence-corrected chi connectivity index (χ1v) is 8.96. The highest BCUT2D eigenvalue weighted by atomic mass is 35.5. The van der Waals surface area contributed by atoms with E-state index in [1.807, 2.05) is 0 Å². The van der Waals surface area contributed by atoms with Gasteiger partial charge in [0, 0.05) is 16.8 Å². The van der Waals surface area contributed by atoms with Gasteiger partial charge in [-0.1, -0.05) is 23.2 Å². The standard InChI is InChI=1S/C15H14Cl2N2O2S/c1-9-6-10-7-12(3-5-14(10)18-9)22(20,21)19-15-4-2-11(16)8-13(15)17/h2-5,7-9,18-19H,6H2,1H3/t9-/m1/s1. The first-order valence-electron chi connectivity index (χ1n) is 6.72. The van der Waals surface area contributed by atoms with Crippen molar-refractivity contribution in [3.8, 4) is 0 Å². The highest BCUT2D eigenvalue weighted by Crippen LogP contribution is 2.31. The first kappa shape index (κ1) is 15.5. The molecule has 0 saturated heterocycles. The smallest absolute Gasteiger partial charge is 0.261 e. The molecule has 1 atom stereocenters. The van der Waals surface area contributed by atoms with Crippen molar-refractivity contribution < 1.29 is 8.42 Å². The lowest BCUT2D eigenvalue weighted by Gasteiger charge is -2.11. The third kappa shape index (κ3) is 3.02. The molecule has 116 valence electrons. The number of sulfonamides is 1. The fourth-order valence-corrected chi connectivity index (χ4v) is 4.11. The minimum absolute atomic E-state index is 0.216. The maximum atomic E-state index is 12.5. The molecule has 3 rings (SSSR count). The Morgan fingerprint density at radius 1 is 1.18 bits per heavy atom. The summed E-state index contributed by atoms with van der Waals surface area (Å²) in [6.45, 7) is 2.06. The van der Waals surface area contributed by atoms with E-state index in [2.05, 4.69) is 17.0 Å². The van der Waals surface area contributed by atoms with Gasteiger partial charge in [-0.25, -0.2) is 8.42 Å². The lowest BCUT2D eigenvalue weighted by Crippen LogP contribution is -2.13. The zero-order chi connectivity index (χ0) is 15.9. The van der Waals surface area contributed by atoms with Crippen molar-refractivity contribution in [1.82, 2.24) is 0 Å². The first-order chi connectivity index (χ1) is 10.3. The molecule has 0 amide bonds. The second-order valence-corrected chi connectivity index (χ2v) is 7.82. The SMILES string of the molecule is C[C@@H]1Cc2cc(S(=O)(=O)Nc3ccc(Cl)cc3Cl)ccc2N1. The lowest BCUT2D eigenvalue weighted by molar-refractivity contribution is 0.601. The highest BCUT2D eigenvalue weighted by molar-refractivity contribution is 7.92. The van der Waals surface area contributed by atoms with Crippen LogP contribution in [-0.2, 0) is 16.4 Å². The summed E-state index contributed by atoms with van der Waals surface area (Å²) in [5.41, 5.74) is 2.28. The molecule has 2 aromatic carbocycles. The van der Waals surface area contributed by atoms with E-state index in [-0.39, 0.29) is 9.92 Å². The van der Waals surface area contributed by atoms with Crippen LogP contribution in [0.25, 0.3) is 0 Å². The molecule has 2 N–H and O–H groups in total. The minimum Gasteiger partial charge on any atom is -0.382 e. The Hall–Kier alpha value is -1.43. The van der Waals surface area contributed by atoms with Gasteiger partial charge in [0.2, 0.25) is 0 Å². The summed E-state index contributed by atoms with van der Waals surface area (Å²) in [7, 11) is -3.69. The second kappa shape index (κ2) is 5.65. The van der Waals surface area contributed by atoms with Gasteiger partial charge in [-0.05, 0) is 55.3 Å². The van der Waals surface area contributed by atoms with Crippen LogP contribution in [0.3, 0.4) is 0 Å². The van der Waals surface area contributed by atoms with Crippen molar-refractivity contribution in [1.29, 1.82) is 0 Å². The van der Waals surface area contributed by atoms with E-state index in [0.29, 0.717) is 16.8 Å². The van der Waals surface area contributed by atoms with Crippen LogP contribution in [0, 0.1) is 0 Å². The zero-order valence-corrected chi connectivity index (χ0v) is 14.1. The summed E-state index contributed by atoms with van der Waals surface area (Å²) in [4.78, 5) is 0.216. The summed E-state index contributed by atoms with van der Waals surface area (Å²) >= 11 is 11.8. The van der Waals surface area contributed by atoms with Gasteiger partial charge in [-0.3, -0.25) is 4.72 Å². The van der Waals surface area contributed by atoms with Crippen molar-refractivity contribution in [3.05, 3.63) is 52.0 Å². The molecule has 7 heteroatoms. The Bertz CT molecular complexity index is 837. The number of hydrogen-bond donors (Lipinski definition) is 2. The Morgan fingerprint density at radius 3 is 2.68 bits per heavy atom. The van der Waals surface area contributed by atoms with E-state index in [0.717, 1.165) is 17.7 Å². The van der Waals surface area contributed by atoms with Crippen LogP contribution in [0.1, 0.15) is 12.5 Å². The molecule has 1 aliphatic rings. The molecule has 22 heavy (non-hydrogen) atoms. The fraction of sp³-hybridized carbons (Fsp3) is 0.200. The van der Waals surface area contributed by atoms with E-state index in [1.54, 1.807) is 30.3 Å². The molecule has 0 unspecified atom stereocenters. The molecular formula is C15H14Cl2N2O2S. The maximum absolute atomic E-state index is 12.5. The number of rotatable bonds is 3. The lowest BCUT2D eigenvalue weighted by atomic mass is 10.1. The van der Waals surface area contributed by atoms with Crippen LogP contribution in [-0.4, -0.2) is 14.5 Å². The van der Waals surface area contributed by atoms with E-state index in [9.17, 15) is 8.42 Å². The van der Waals surface area contributed by atoms with Crippen LogP contribution in [0.2, 0.25) is 10.0 Å². The van der Waals surface area contributed by atoms with Crippen molar-refractivity contribution in [2.24, 2.45) is 0 Å². The number of halogens is 2. The van der Waals surface area contributed by atoms with Gasteiger partial charge < -0.3 is 5.32 Å². The van der Waals surface area contributed by atoms with E-state index in [4.69, 9.17) is 23.2 Å². The van der Waals surface area contributed by atoms with Crippen LogP contribution in [0.15, 0.2) is 41.3 Å². The third-order valence-electron chi connectivity index (χ3n) is 3.49. The molecule has 0 radical (unpaired) electrons. The molecule has 1 heterocycles. The average molecular weight is 357 g/mol. The molecule has 0 fully saturated rings. The third-order valence-corrected chi connectivity index (χ3v) is 5.40. The molecule has 0 aromatic heterocycles. The van der Waals surface area contributed by atoms with E-state index < -0.39 is 10.0 Å². The van der Waals surface area contributed by atoms with Gasteiger partial charge in [0.1, 0.15) is 0 Å². The Morgan fingerprint density at radius 2 is 1.95 bits per heavy atom. The van der Waals surface area contributed by atoms with Gasteiger partial charge in [-0.15, -0.1) is 0 Å². The zero-order valence-electron chi connectivity index (χ0n) is 11.7. The van der Waals surface area contributed by atoms with Crippen LogP contribution < -0.4 is 10.0 Å². The van der Waals surface area contributed by atoms with Gasteiger partial charge >= 0.3 is 0 Å². The number of benzene rings is 2. The summed E-state index contributed by atoms with van der Waals surface area (Å²) in [6, 6.07) is 9.99. The predicted molar refractivity (Wildman–Crippen MR) is 90.5 cm³/mol. The molecule has 0 saturated carbocycles. The van der Waals surface area contributed by atoms with Crippen LogP contribution in [0.5, 0.6) is 0 Å². The highest BCUT2D eigenvalue weighted by Gasteiger charge is 2.21. The van der Waals surface area contributed by atoms with E-state index >= 15 is 0 Å². The second-order valence-electron chi connectivity index (χ2n) is 5.30. The van der Waals surface area contributed by atoms with Crippen molar-refractivity contribution >= 4 is 44.6 Å². The Kier molecular flexibility index (Phi) is 3.97. The molecule has 4 nitrogen and oxygen atoms in total. The van der Waals surface area contributed by atoms with Gasteiger partial charge in [0.25, 0.3) is 10.0 Å². The normalized spacial score (nSPS) is 17.0. The number of fused-ring (bicyclic) bond motifs is 1. The quantitative estimate of drug-likeness (QED) is 0.868. The summed E-state index contributed by atoms with van der Waals surface area (Å²) in [5.74, 6) is 0. The Labute approximate surface area is 139 Å². The largest absolute Gasteiger partial charge is 0.382 e. The van der Waals surface area contributed by atoms with Gasteiger partial charge in [0.05, 0.1) is 15.6 Å². The molecule has 2 aromatic rings. The van der Waals surface area contributed by atoms with Crippen molar-refractivity contribution in [3.63, 3.8) is 0 Å². The maximum Gasteiger partial charge on any atom is 0.261 e. The monoisotopic (exact) mass is 356 g/mol. The van der Waals surface area contributed by atoms with Crippen LogP contribution in [0.4, 0.5) is 11.4 Å². The number of anilines is 2. The van der Waals surface area contributed by atoms with Crippen LogP contribution >= 0.6 is 23.2 Å². The number of hydrogen-bond acceptors (Lipinski definition) is 3. The topological polar surface area (TPSA) is 58.2 Å².